The monoisotopic (exact) mass is 545 g/mol. The second-order valence-electron chi connectivity index (χ2n) is 10.2. The molecule has 1 fully saturated rings. The van der Waals surface area contributed by atoms with Crippen molar-refractivity contribution in [1.82, 2.24) is 0 Å². The molecule has 2 aromatic rings. The van der Waals surface area contributed by atoms with Crippen molar-refractivity contribution in [3.63, 3.8) is 0 Å². The van der Waals surface area contributed by atoms with Crippen molar-refractivity contribution in [3.05, 3.63) is 51.6 Å². The van der Waals surface area contributed by atoms with E-state index in [-0.39, 0.29) is 64.4 Å². The number of ketones is 4. The Morgan fingerprint density at radius 1 is 1.15 bits per heavy atom. The molecule has 5 atom stereocenters. The number of carbonyl (C=O) groups is 4. The number of aliphatic hydroxyl groups excluding tert-OH is 1. The molecule has 0 aromatic heterocycles. The molecule has 3 unspecified atom stereocenters. The zero-order chi connectivity index (χ0) is 28.9. The molecule has 1 heterocycles. The standard InChI is InChI=1S/C30H27NO9/c1-4-14-8-20(33)19(12-40-14)31-10-18-13(2)16(21(34)11-32)9-17-23(18)29(37)26-25(28(17)36)27(35)15-6-5-7-22(39-3)24(15)30(26)38/h1,5-7,10,13-14,16,18-19,32,36-37H,8-9,11-12H2,2-3H3/t13?,14?,16-,18?,19-/m1/s1. The van der Waals surface area contributed by atoms with E-state index in [9.17, 15) is 34.5 Å². The van der Waals surface area contributed by atoms with Gasteiger partial charge in [-0.25, -0.2) is 0 Å². The van der Waals surface area contributed by atoms with Gasteiger partial charge in [0, 0.05) is 41.2 Å². The van der Waals surface area contributed by atoms with Crippen LogP contribution in [0.5, 0.6) is 17.2 Å². The van der Waals surface area contributed by atoms with Crippen LogP contribution in [-0.4, -0.2) is 77.1 Å². The number of aliphatic hydroxyl groups is 1. The Balaban J connectivity index is 1.68. The Kier molecular flexibility index (Phi) is 7.04. The molecule has 2 aliphatic carbocycles. The van der Waals surface area contributed by atoms with Crippen LogP contribution in [0.3, 0.4) is 0 Å². The summed E-state index contributed by atoms with van der Waals surface area (Å²) < 4.78 is 10.8. The molecule has 0 spiro atoms. The number of nitrogens with zero attached hydrogens (tertiary/aromatic N) is 1. The Bertz CT molecular complexity index is 1530. The van der Waals surface area contributed by atoms with Crippen LogP contribution in [0.4, 0.5) is 0 Å². The van der Waals surface area contributed by atoms with Crippen molar-refractivity contribution in [3.8, 4) is 29.6 Å². The van der Waals surface area contributed by atoms with Crippen LogP contribution >= 0.6 is 0 Å². The predicted octanol–water partition coefficient (Wildman–Crippen LogP) is 1.77. The average molecular weight is 546 g/mol. The van der Waals surface area contributed by atoms with Gasteiger partial charge in [0.2, 0.25) is 5.78 Å². The predicted molar refractivity (Wildman–Crippen MR) is 141 cm³/mol. The van der Waals surface area contributed by atoms with E-state index < -0.39 is 65.4 Å². The molecule has 0 saturated carbocycles. The average Bonchev–Trinajstić information content (AvgIpc) is 2.96. The van der Waals surface area contributed by atoms with Crippen molar-refractivity contribution in [2.24, 2.45) is 16.8 Å². The maximum atomic E-state index is 13.7. The highest BCUT2D eigenvalue weighted by molar-refractivity contribution is 6.31. The molecule has 0 amide bonds. The summed E-state index contributed by atoms with van der Waals surface area (Å²) in [5.74, 6) is -2.86. The van der Waals surface area contributed by atoms with E-state index >= 15 is 0 Å². The molecule has 5 rings (SSSR count). The van der Waals surface area contributed by atoms with Crippen molar-refractivity contribution in [2.45, 2.75) is 37.8 Å². The zero-order valence-corrected chi connectivity index (χ0v) is 21.8. The second kappa shape index (κ2) is 10.3. The van der Waals surface area contributed by atoms with Gasteiger partial charge >= 0.3 is 0 Å². The molecule has 10 heteroatoms. The lowest BCUT2D eigenvalue weighted by atomic mass is 9.66. The van der Waals surface area contributed by atoms with Gasteiger partial charge in [-0.15, -0.1) is 6.42 Å². The normalized spacial score (nSPS) is 25.6. The van der Waals surface area contributed by atoms with Gasteiger partial charge in [-0.3, -0.25) is 24.2 Å². The lowest BCUT2D eigenvalue weighted by Crippen LogP contribution is -2.38. The molecular weight excluding hydrogens is 518 g/mol. The summed E-state index contributed by atoms with van der Waals surface area (Å²) in [5, 5.41) is 32.6. The van der Waals surface area contributed by atoms with Crippen molar-refractivity contribution in [1.29, 1.82) is 0 Å². The first-order valence-corrected chi connectivity index (χ1v) is 12.8. The number of phenolic OH excluding ortho intramolecular Hbond substituents is 2. The van der Waals surface area contributed by atoms with Crippen LogP contribution in [0.25, 0.3) is 0 Å². The molecule has 0 radical (unpaired) electrons. The van der Waals surface area contributed by atoms with Gasteiger partial charge in [-0.05, 0) is 18.4 Å². The molecule has 3 N–H and O–H groups in total. The maximum absolute atomic E-state index is 13.7. The van der Waals surface area contributed by atoms with E-state index in [1.165, 1.54) is 31.5 Å². The lowest BCUT2D eigenvalue weighted by Gasteiger charge is -2.37. The van der Waals surface area contributed by atoms with Crippen LogP contribution in [0.1, 0.15) is 62.2 Å². The number of terminal acetylenes is 1. The van der Waals surface area contributed by atoms with Gasteiger partial charge in [0.25, 0.3) is 0 Å². The molecule has 2 aromatic carbocycles. The highest BCUT2D eigenvalue weighted by Gasteiger charge is 2.45. The summed E-state index contributed by atoms with van der Waals surface area (Å²) in [6.07, 6.45) is 6.01. The second-order valence-corrected chi connectivity index (χ2v) is 10.2. The number of aliphatic imine (C=N–C) groups is 1. The van der Waals surface area contributed by atoms with E-state index in [4.69, 9.17) is 15.9 Å². The quantitative estimate of drug-likeness (QED) is 0.247. The zero-order valence-electron chi connectivity index (χ0n) is 21.8. The van der Waals surface area contributed by atoms with E-state index in [1.54, 1.807) is 6.92 Å². The largest absolute Gasteiger partial charge is 0.507 e. The Morgan fingerprint density at radius 3 is 2.52 bits per heavy atom. The first kappa shape index (κ1) is 27.2. The maximum Gasteiger partial charge on any atom is 0.202 e. The SMILES string of the molecule is C#CC1CC(=O)[C@H](N=CC2c3c(O)c4c(c(O)c3C[C@@H](C(=O)CO)C2C)C(=O)c2cccc(OC)c2C4=O)CO1. The van der Waals surface area contributed by atoms with E-state index in [1.807, 2.05) is 0 Å². The smallest absolute Gasteiger partial charge is 0.202 e. The van der Waals surface area contributed by atoms with Gasteiger partial charge in [0.05, 0.1) is 30.4 Å². The van der Waals surface area contributed by atoms with Crippen LogP contribution in [0, 0.1) is 24.2 Å². The topological polar surface area (TPSA) is 160 Å². The number of benzene rings is 2. The van der Waals surface area contributed by atoms with Crippen LogP contribution in [-0.2, 0) is 20.7 Å². The summed E-state index contributed by atoms with van der Waals surface area (Å²) in [6, 6.07) is 3.61. The third-order valence-electron chi connectivity index (χ3n) is 8.12. The van der Waals surface area contributed by atoms with Crippen molar-refractivity contribution >= 4 is 29.3 Å². The number of ether oxygens (including phenoxy) is 2. The van der Waals surface area contributed by atoms with Crippen molar-refractivity contribution < 1.29 is 44.0 Å². The lowest BCUT2D eigenvalue weighted by molar-refractivity contribution is -0.128. The van der Waals surface area contributed by atoms with Gasteiger partial charge in [0.15, 0.2) is 17.3 Å². The Hall–Kier alpha value is -4.33. The molecule has 3 aliphatic rings. The molecule has 10 nitrogen and oxygen atoms in total. The molecule has 206 valence electrons. The van der Waals surface area contributed by atoms with Gasteiger partial charge in [0.1, 0.15) is 36.0 Å². The first-order valence-electron chi connectivity index (χ1n) is 12.8. The molecule has 1 saturated heterocycles. The minimum Gasteiger partial charge on any atom is -0.507 e. The highest BCUT2D eigenvalue weighted by Crippen LogP contribution is 2.52. The number of rotatable bonds is 5. The number of aromatic hydroxyl groups is 2. The number of carbonyl (C=O) groups excluding carboxylic acids is 4. The van der Waals surface area contributed by atoms with E-state index in [0.717, 1.165) is 0 Å². The molecule has 40 heavy (non-hydrogen) atoms. The third-order valence-corrected chi connectivity index (χ3v) is 8.12. The summed E-state index contributed by atoms with van der Waals surface area (Å²) in [4.78, 5) is 57.0. The summed E-state index contributed by atoms with van der Waals surface area (Å²) in [7, 11) is 1.35. The Morgan fingerprint density at radius 2 is 1.88 bits per heavy atom. The minimum atomic E-state index is -0.873. The van der Waals surface area contributed by atoms with Crippen molar-refractivity contribution in [2.75, 3.05) is 20.3 Å². The fourth-order valence-electron chi connectivity index (χ4n) is 5.95. The fourth-order valence-corrected chi connectivity index (χ4v) is 5.95. The number of fused-ring (bicyclic) bond motifs is 3. The van der Waals surface area contributed by atoms with Gasteiger partial charge in [-0.2, -0.15) is 0 Å². The summed E-state index contributed by atoms with van der Waals surface area (Å²) >= 11 is 0. The molecule has 0 bridgehead atoms. The number of phenols is 2. The van der Waals surface area contributed by atoms with Gasteiger partial charge in [-0.1, -0.05) is 25.0 Å². The summed E-state index contributed by atoms with van der Waals surface area (Å²) in [5.41, 5.74) is -0.530. The van der Waals surface area contributed by atoms with E-state index in [2.05, 4.69) is 10.9 Å². The van der Waals surface area contributed by atoms with Crippen LogP contribution in [0.15, 0.2) is 23.2 Å². The number of hydrogen-bond acceptors (Lipinski definition) is 10. The molecular formula is C30H27NO9. The fraction of sp³-hybridized carbons (Fsp3) is 0.367. The van der Waals surface area contributed by atoms with E-state index in [0.29, 0.717) is 0 Å². The first-order chi connectivity index (χ1) is 19.1. The number of Topliss-reactive ketones (excluding diaryl/α,β-unsaturated/α-hetero) is 2. The number of hydrogen-bond donors (Lipinski definition) is 3. The van der Waals surface area contributed by atoms with Crippen LogP contribution < -0.4 is 4.74 Å². The summed E-state index contributed by atoms with van der Waals surface area (Å²) in [6.45, 7) is 0.910. The highest BCUT2D eigenvalue weighted by atomic mass is 16.5. The molecule has 1 aliphatic heterocycles. The van der Waals surface area contributed by atoms with Crippen LogP contribution in [0.2, 0.25) is 0 Å². The minimum absolute atomic E-state index is 0.0119. The number of methoxy groups -OCH3 is 1. The third kappa shape index (κ3) is 4.10. The van der Waals surface area contributed by atoms with Gasteiger partial charge < -0.3 is 24.8 Å². The Labute approximate surface area is 229 Å².